The second-order valence-electron chi connectivity index (χ2n) is 15.3. The van der Waals surface area contributed by atoms with Crippen LogP contribution in [-0.4, -0.2) is 100 Å². The standard InChI is InChI=1S/C41H58O14/c1-10-25(4)22-26(5)16-17-31(43)53-34-33(44)39(20-18-27(6)32(52-29(8)42)28(7)23-30-14-12-11-13-15-30)54-35(36(45)51-21-19-24(2)3)40(49,37(46)47)41(34,55-39)38(48)50-9/h11-17,24-26,28,32-35,44,49H,6,10,18-23H2,1-5,7-9H3,(H,46,47)/b17-16+/t25-,26+,28+,32?,33+,34-,35?,39?,40?,41?/m0/s1. The lowest BCUT2D eigenvalue weighted by Crippen LogP contribution is -2.78. The lowest BCUT2D eigenvalue weighted by atomic mass is 9.74. The van der Waals surface area contributed by atoms with E-state index in [1.807, 2.05) is 65.0 Å². The van der Waals surface area contributed by atoms with E-state index in [1.165, 1.54) is 6.92 Å². The van der Waals surface area contributed by atoms with Gasteiger partial charge in [-0.3, -0.25) is 4.79 Å². The number of carboxylic acid groups (broad SMARTS) is 1. The number of fused-ring (bicyclic) bond motifs is 2. The molecule has 1 aromatic rings. The van der Waals surface area contributed by atoms with E-state index in [4.69, 9.17) is 28.4 Å². The van der Waals surface area contributed by atoms with Gasteiger partial charge in [0.1, 0.15) is 12.2 Å². The molecular formula is C41H58O14. The van der Waals surface area contributed by atoms with Gasteiger partial charge in [-0.1, -0.05) is 91.0 Å². The molecule has 306 valence electrons. The van der Waals surface area contributed by atoms with Crippen molar-refractivity contribution < 1.29 is 67.7 Å². The number of allylic oxidation sites excluding steroid dienone is 1. The minimum Gasteiger partial charge on any atom is -0.479 e. The molecule has 2 saturated heterocycles. The van der Waals surface area contributed by atoms with Gasteiger partial charge in [0.2, 0.25) is 17.5 Å². The molecule has 0 saturated carbocycles. The van der Waals surface area contributed by atoms with Gasteiger partial charge in [0.15, 0.2) is 6.10 Å². The number of methoxy groups -OCH3 is 1. The highest BCUT2D eigenvalue weighted by Gasteiger charge is 2.86. The SMILES string of the molecule is C=C(CCC12OC(C(=O)OCCC(C)C)C(O)(C(=O)O)C(C(=O)OC)(O1)[C@@H](OC(=O)/C=C/[C@@H](C)C[C@@H](C)CC)[C@H]2O)C(OC(C)=O)[C@H](C)Cc1ccccc1. The van der Waals surface area contributed by atoms with Crippen LogP contribution < -0.4 is 0 Å². The maximum atomic E-state index is 13.9. The van der Waals surface area contributed by atoms with Crippen molar-refractivity contribution in [2.24, 2.45) is 23.7 Å². The van der Waals surface area contributed by atoms with Gasteiger partial charge < -0.3 is 43.7 Å². The molecule has 1 aromatic carbocycles. The smallest absolute Gasteiger partial charge is 0.346 e. The van der Waals surface area contributed by atoms with Gasteiger partial charge in [-0.2, -0.15) is 0 Å². The van der Waals surface area contributed by atoms with E-state index in [2.05, 4.69) is 13.5 Å². The maximum Gasteiger partial charge on any atom is 0.346 e. The van der Waals surface area contributed by atoms with Crippen molar-refractivity contribution in [1.82, 2.24) is 0 Å². The molecule has 5 unspecified atom stereocenters. The van der Waals surface area contributed by atoms with Gasteiger partial charge in [0.05, 0.1) is 13.7 Å². The number of benzene rings is 1. The van der Waals surface area contributed by atoms with E-state index in [9.17, 15) is 39.3 Å². The second-order valence-corrected chi connectivity index (χ2v) is 15.3. The fourth-order valence-electron chi connectivity index (χ4n) is 7.18. The number of ether oxygens (including phenoxy) is 6. The molecule has 3 rings (SSSR count). The molecule has 0 aromatic heterocycles. The summed E-state index contributed by atoms with van der Waals surface area (Å²) in [4.78, 5) is 66.4. The number of esters is 4. The van der Waals surface area contributed by atoms with Crippen LogP contribution in [0.3, 0.4) is 0 Å². The largest absolute Gasteiger partial charge is 0.479 e. The van der Waals surface area contributed by atoms with E-state index >= 15 is 0 Å². The number of carboxylic acids is 1. The number of rotatable bonds is 20. The molecule has 0 amide bonds. The van der Waals surface area contributed by atoms with Gasteiger partial charge in [0.25, 0.3) is 5.60 Å². The fourth-order valence-corrected chi connectivity index (χ4v) is 7.18. The average Bonchev–Trinajstić information content (AvgIpc) is 3.34. The summed E-state index contributed by atoms with van der Waals surface area (Å²) in [6.07, 6.45) is -3.33. The van der Waals surface area contributed by atoms with Crippen LogP contribution in [0.2, 0.25) is 0 Å². The molecule has 2 aliphatic heterocycles. The number of aliphatic hydroxyl groups excluding tert-OH is 1. The van der Waals surface area contributed by atoms with Crippen molar-refractivity contribution in [2.45, 2.75) is 128 Å². The minimum atomic E-state index is -3.66. The Kier molecular flexibility index (Phi) is 15.8. The summed E-state index contributed by atoms with van der Waals surface area (Å²) in [6.45, 7) is 16.7. The monoisotopic (exact) mass is 774 g/mol. The zero-order chi connectivity index (χ0) is 41.3. The van der Waals surface area contributed by atoms with E-state index < -0.39 is 77.7 Å². The van der Waals surface area contributed by atoms with E-state index in [0.29, 0.717) is 24.3 Å². The molecule has 3 N–H and O–H groups in total. The van der Waals surface area contributed by atoms with E-state index in [-0.39, 0.29) is 30.8 Å². The first kappa shape index (κ1) is 45.3. The van der Waals surface area contributed by atoms with Gasteiger partial charge >= 0.3 is 29.8 Å². The molecule has 2 heterocycles. The number of carbonyl (C=O) groups excluding carboxylic acids is 4. The summed E-state index contributed by atoms with van der Waals surface area (Å²) in [6, 6.07) is 9.45. The lowest BCUT2D eigenvalue weighted by Gasteiger charge is -2.49. The highest BCUT2D eigenvalue weighted by atomic mass is 16.8. The first-order valence-electron chi connectivity index (χ1n) is 18.8. The molecule has 55 heavy (non-hydrogen) atoms. The molecular weight excluding hydrogens is 716 g/mol. The van der Waals surface area contributed by atoms with Gasteiger partial charge in [-0.15, -0.1) is 0 Å². The summed E-state index contributed by atoms with van der Waals surface area (Å²) in [5.41, 5.74) is -5.62. The van der Waals surface area contributed by atoms with Crippen LogP contribution in [0.1, 0.15) is 86.1 Å². The van der Waals surface area contributed by atoms with Crippen LogP contribution in [0.5, 0.6) is 0 Å². The minimum absolute atomic E-state index is 0.0673. The molecule has 2 aliphatic rings. The quantitative estimate of drug-likeness (QED) is 0.0725. The Labute approximate surface area is 323 Å². The third kappa shape index (κ3) is 10.0. The van der Waals surface area contributed by atoms with Crippen molar-refractivity contribution in [3.8, 4) is 0 Å². The zero-order valence-electron chi connectivity index (χ0n) is 33.1. The number of aliphatic hydroxyl groups is 2. The summed E-state index contributed by atoms with van der Waals surface area (Å²) < 4.78 is 33.7. The van der Waals surface area contributed by atoms with Crippen LogP contribution in [-0.2, 0) is 58.8 Å². The summed E-state index contributed by atoms with van der Waals surface area (Å²) in [7, 11) is 0.871. The Bertz CT molecular complexity index is 1560. The fraction of sp³-hybridized carbons (Fsp3) is 0.634. The molecule has 2 fully saturated rings. The highest BCUT2D eigenvalue weighted by molar-refractivity contribution is 5.99. The average molecular weight is 775 g/mol. The summed E-state index contributed by atoms with van der Waals surface area (Å²) >= 11 is 0. The third-order valence-electron chi connectivity index (χ3n) is 10.4. The Morgan fingerprint density at radius 2 is 1.71 bits per heavy atom. The second kappa shape index (κ2) is 19.2. The topological polar surface area (TPSA) is 201 Å². The van der Waals surface area contributed by atoms with Gasteiger partial charge in [-0.25, -0.2) is 19.2 Å². The Balaban J connectivity index is 2.12. The molecule has 14 heteroatoms. The number of carbonyl (C=O) groups is 5. The van der Waals surface area contributed by atoms with Crippen molar-refractivity contribution in [1.29, 1.82) is 0 Å². The Morgan fingerprint density at radius 1 is 1.05 bits per heavy atom. The van der Waals surface area contributed by atoms with Crippen molar-refractivity contribution in [2.75, 3.05) is 13.7 Å². The number of hydrogen-bond donors (Lipinski definition) is 3. The van der Waals surface area contributed by atoms with Crippen LogP contribution in [0.15, 0.2) is 54.6 Å². The molecule has 0 radical (unpaired) electrons. The molecule has 0 spiro atoms. The normalized spacial score (nSPS) is 28.2. The van der Waals surface area contributed by atoms with Crippen LogP contribution in [0, 0.1) is 23.7 Å². The van der Waals surface area contributed by atoms with Crippen LogP contribution >= 0.6 is 0 Å². The van der Waals surface area contributed by atoms with Crippen LogP contribution in [0.25, 0.3) is 0 Å². The number of hydrogen-bond acceptors (Lipinski definition) is 13. The zero-order valence-corrected chi connectivity index (χ0v) is 33.1. The summed E-state index contributed by atoms with van der Waals surface area (Å²) in [5.74, 6) is -9.30. The van der Waals surface area contributed by atoms with E-state index in [1.54, 1.807) is 6.08 Å². The Hall–Kier alpha value is -4.11. The van der Waals surface area contributed by atoms with Crippen LogP contribution in [0.4, 0.5) is 0 Å². The first-order valence-corrected chi connectivity index (χ1v) is 18.8. The highest BCUT2D eigenvalue weighted by Crippen LogP contribution is 2.56. The first-order chi connectivity index (χ1) is 25.8. The van der Waals surface area contributed by atoms with Crippen molar-refractivity contribution in [3.63, 3.8) is 0 Å². The summed E-state index contributed by atoms with van der Waals surface area (Å²) in [5, 5.41) is 34.7. The molecule has 0 aliphatic carbocycles. The molecule has 2 bridgehead atoms. The molecule has 14 nitrogen and oxygen atoms in total. The van der Waals surface area contributed by atoms with Gasteiger partial charge in [0, 0.05) is 25.3 Å². The lowest BCUT2D eigenvalue weighted by molar-refractivity contribution is -0.374. The Morgan fingerprint density at radius 3 is 2.27 bits per heavy atom. The predicted molar refractivity (Wildman–Crippen MR) is 198 cm³/mol. The van der Waals surface area contributed by atoms with Crippen molar-refractivity contribution in [3.05, 3.63) is 60.2 Å². The van der Waals surface area contributed by atoms with Crippen molar-refractivity contribution >= 4 is 29.8 Å². The third-order valence-corrected chi connectivity index (χ3v) is 10.4. The van der Waals surface area contributed by atoms with Gasteiger partial charge in [-0.05, 0) is 54.6 Å². The van der Waals surface area contributed by atoms with E-state index in [0.717, 1.165) is 31.6 Å². The number of aliphatic carboxylic acids is 1. The molecule has 10 atom stereocenters. The predicted octanol–water partition coefficient (Wildman–Crippen LogP) is 4.48. The maximum absolute atomic E-state index is 13.9.